The van der Waals surface area contributed by atoms with Crippen molar-refractivity contribution in [2.24, 2.45) is 0 Å². The molecule has 0 amide bonds. The van der Waals surface area contributed by atoms with Crippen LogP contribution in [0.4, 0.5) is 5.69 Å². The smallest absolute Gasteiger partial charge is 0.262 e. The molecule has 4 nitrogen and oxygen atoms in total. The second kappa shape index (κ2) is 6.44. The summed E-state index contributed by atoms with van der Waals surface area (Å²) in [6, 6.07) is 6.53. The van der Waals surface area contributed by atoms with Gasteiger partial charge in [0, 0.05) is 21.3 Å². The lowest BCUT2D eigenvalue weighted by molar-refractivity contribution is 0.601. The van der Waals surface area contributed by atoms with Gasteiger partial charge in [-0.2, -0.15) is 0 Å². The quantitative estimate of drug-likeness (QED) is 0.812. The van der Waals surface area contributed by atoms with Crippen molar-refractivity contribution < 1.29 is 8.42 Å². The van der Waals surface area contributed by atoms with E-state index in [0.29, 0.717) is 21.7 Å². The summed E-state index contributed by atoms with van der Waals surface area (Å²) in [5.74, 6) is 0. The van der Waals surface area contributed by atoms with Crippen LogP contribution in [0.3, 0.4) is 0 Å². The fraction of sp³-hybridized carbons (Fsp3) is 0.167. The lowest BCUT2D eigenvalue weighted by Crippen LogP contribution is -2.12. The van der Waals surface area contributed by atoms with Gasteiger partial charge in [0.05, 0.1) is 15.6 Å². The molecule has 8 heteroatoms. The average molecular weight is 396 g/mol. The van der Waals surface area contributed by atoms with Crippen LogP contribution in [-0.2, 0) is 16.6 Å². The van der Waals surface area contributed by atoms with E-state index in [4.69, 9.17) is 11.6 Å². The van der Waals surface area contributed by atoms with E-state index < -0.39 is 10.0 Å². The van der Waals surface area contributed by atoms with Gasteiger partial charge in [0.1, 0.15) is 0 Å². The molecular weight excluding hydrogens is 384 g/mol. The predicted octanol–water partition coefficient (Wildman–Crippen LogP) is 3.68. The zero-order valence-electron chi connectivity index (χ0n) is 10.5. The van der Waals surface area contributed by atoms with E-state index in [1.165, 1.54) is 11.3 Å². The number of halogens is 2. The first kappa shape index (κ1) is 15.8. The molecule has 0 fully saturated rings. The van der Waals surface area contributed by atoms with Crippen molar-refractivity contribution in [1.29, 1.82) is 0 Å². The van der Waals surface area contributed by atoms with Gasteiger partial charge in [-0.1, -0.05) is 11.6 Å². The minimum atomic E-state index is -3.57. The third-order valence-electron chi connectivity index (χ3n) is 2.46. The Balaban J connectivity index is 2.23. The van der Waals surface area contributed by atoms with Gasteiger partial charge in [-0.05, 0) is 47.2 Å². The van der Waals surface area contributed by atoms with Crippen LogP contribution < -0.4 is 10.0 Å². The van der Waals surface area contributed by atoms with Gasteiger partial charge in [-0.15, -0.1) is 11.3 Å². The maximum Gasteiger partial charge on any atom is 0.262 e. The van der Waals surface area contributed by atoms with E-state index in [1.54, 1.807) is 29.6 Å². The average Bonchev–Trinajstić information content (AvgIpc) is 2.83. The lowest BCUT2D eigenvalue weighted by Gasteiger charge is -2.07. The SMILES string of the molecule is CNCc1cc(S(=O)(=O)Nc2ccc(Cl)c(Br)c2)cs1. The third-order valence-corrected chi connectivity index (χ3v) is 6.12. The number of thiophene rings is 1. The second-order valence-electron chi connectivity index (χ2n) is 4.01. The van der Waals surface area contributed by atoms with E-state index in [2.05, 4.69) is 26.0 Å². The van der Waals surface area contributed by atoms with Crippen molar-refractivity contribution in [3.05, 3.63) is 44.0 Å². The number of rotatable bonds is 5. The van der Waals surface area contributed by atoms with Crippen molar-refractivity contribution >= 4 is 54.6 Å². The predicted molar refractivity (Wildman–Crippen MR) is 87.0 cm³/mol. The summed E-state index contributed by atoms with van der Waals surface area (Å²) < 4.78 is 27.7. The van der Waals surface area contributed by atoms with Gasteiger partial charge in [0.15, 0.2) is 0 Å². The molecule has 0 saturated heterocycles. The van der Waals surface area contributed by atoms with Gasteiger partial charge in [0.25, 0.3) is 10.0 Å². The molecule has 1 aromatic carbocycles. The van der Waals surface area contributed by atoms with Crippen LogP contribution in [-0.4, -0.2) is 15.5 Å². The molecule has 0 atom stereocenters. The van der Waals surface area contributed by atoms with E-state index >= 15 is 0 Å². The van der Waals surface area contributed by atoms with Crippen molar-refractivity contribution in [2.45, 2.75) is 11.4 Å². The molecule has 0 bridgehead atoms. The molecule has 0 spiro atoms. The highest BCUT2D eigenvalue weighted by molar-refractivity contribution is 9.10. The number of benzene rings is 1. The highest BCUT2D eigenvalue weighted by Crippen LogP contribution is 2.27. The summed E-state index contributed by atoms with van der Waals surface area (Å²) >= 11 is 10.5. The maximum atomic E-state index is 12.2. The molecule has 2 aromatic rings. The third kappa shape index (κ3) is 3.73. The van der Waals surface area contributed by atoms with Crippen LogP contribution in [0.2, 0.25) is 5.02 Å². The number of hydrogen-bond donors (Lipinski definition) is 2. The molecule has 0 aliphatic carbocycles. The van der Waals surface area contributed by atoms with Gasteiger partial charge < -0.3 is 5.32 Å². The highest BCUT2D eigenvalue weighted by Gasteiger charge is 2.16. The normalized spacial score (nSPS) is 11.6. The maximum absolute atomic E-state index is 12.2. The summed E-state index contributed by atoms with van der Waals surface area (Å²) in [5, 5.41) is 5.14. The molecule has 0 unspecified atom stereocenters. The van der Waals surface area contributed by atoms with Crippen LogP contribution >= 0.6 is 38.9 Å². The lowest BCUT2D eigenvalue weighted by atomic mass is 10.3. The Morgan fingerprint density at radius 2 is 2.10 bits per heavy atom. The summed E-state index contributed by atoms with van der Waals surface area (Å²) in [7, 11) is -1.75. The fourth-order valence-corrected chi connectivity index (χ4v) is 4.37. The van der Waals surface area contributed by atoms with Crippen LogP contribution in [0.5, 0.6) is 0 Å². The molecule has 0 aliphatic rings. The standard InChI is InChI=1S/C12H12BrClN2O2S2/c1-15-6-9-5-10(7-19-9)20(17,18)16-8-2-3-12(14)11(13)4-8/h2-5,7,15-16H,6H2,1H3. The largest absolute Gasteiger partial charge is 0.315 e. The number of sulfonamides is 1. The van der Waals surface area contributed by atoms with E-state index in [-0.39, 0.29) is 4.90 Å². The van der Waals surface area contributed by atoms with Crippen LogP contribution in [0.1, 0.15) is 4.88 Å². The van der Waals surface area contributed by atoms with E-state index in [0.717, 1.165) is 4.88 Å². The Labute approximate surface area is 135 Å². The van der Waals surface area contributed by atoms with Crippen LogP contribution in [0.25, 0.3) is 0 Å². The van der Waals surface area contributed by atoms with Crippen molar-refractivity contribution in [2.75, 3.05) is 11.8 Å². The molecule has 1 heterocycles. The number of anilines is 1. The first-order valence-electron chi connectivity index (χ1n) is 5.62. The van der Waals surface area contributed by atoms with E-state index in [1.807, 2.05) is 7.05 Å². The summed E-state index contributed by atoms with van der Waals surface area (Å²) in [6.45, 7) is 0.646. The molecule has 108 valence electrons. The minimum Gasteiger partial charge on any atom is -0.315 e. The molecule has 0 radical (unpaired) electrons. The molecular formula is C12H12BrClN2O2S2. The fourth-order valence-electron chi connectivity index (χ4n) is 1.54. The number of nitrogens with one attached hydrogen (secondary N) is 2. The van der Waals surface area contributed by atoms with Crippen molar-refractivity contribution in [1.82, 2.24) is 5.32 Å². The molecule has 20 heavy (non-hydrogen) atoms. The van der Waals surface area contributed by atoms with Gasteiger partial charge in [-0.25, -0.2) is 8.42 Å². The van der Waals surface area contributed by atoms with Crippen molar-refractivity contribution in [3.63, 3.8) is 0 Å². The Hall–Kier alpha value is -0.600. The Bertz CT molecular complexity index is 716. The Morgan fingerprint density at radius 3 is 2.75 bits per heavy atom. The summed E-state index contributed by atoms with van der Waals surface area (Å²) in [5.41, 5.74) is 0.461. The van der Waals surface area contributed by atoms with Crippen LogP contribution in [0.15, 0.2) is 39.0 Å². The second-order valence-corrected chi connectivity index (χ2v) is 7.95. The summed E-state index contributed by atoms with van der Waals surface area (Å²) in [4.78, 5) is 1.23. The van der Waals surface area contributed by atoms with Gasteiger partial charge in [-0.3, -0.25) is 4.72 Å². The van der Waals surface area contributed by atoms with Gasteiger partial charge >= 0.3 is 0 Å². The zero-order valence-corrected chi connectivity index (χ0v) is 14.5. The topological polar surface area (TPSA) is 58.2 Å². The number of hydrogen-bond acceptors (Lipinski definition) is 4. The van der Waals surface area contributed by atoms with E-state index in [9.17, 15) is 8.42 Å². The minimum absolute atomic E-state index is 0.263. The Morgan fingerprint density at radius 1 is 1.35 bits per heavy atom. The van der Waals surface area contributed by atoms with Crippen molar-refractivity contribution in [3.8, 4) is 0 Å². The Kier molecular flexibility index (Phi) is 5.09. The monoisotopic (exact) mass is 394 g/mol. The molecule has 0 aliphatic heterocycles. The molecule has 1 aromatic heterocycles. The molecule has 2 N–H and O–H groups in total. The molecule has 0 saturated carbocycles. The molecule has 2 rings (SSSR count). The zero-order chi connectivity index (χ0) is 14.8. The summed E-state index contributed by atoms with van der Waals surface area (Å²) in [6.07, 6.45) is 0. The van der Waals surface area contributed by atoms with Gasteiger partial charge in [0.2, 0.25) is 0 Å². The first-order chi connectivity index (χ1) is 9.42. The van der Waals surface area contributed by atoms with Crippen LogP contribution in [0, 0.1) is 0 Å². The first-order valence-corrected chi connectivity index (χ1v) is 9.15. The highest BCUT2D eigenvalue weighted by atomic mass is 79.9.